The predicted molar refractivity (Wildman–Crippen MR) is 171 cm³/mol. The Hall–Kier alpha value is -3.77. The van der Waals surface area contributed by atoms with Gasteiger partial charge in [-0.05, 0) is 62.1 Å². The van der Waals surface area contributed by atoms with Gasteiger partial charge in [-0.15, -0.1) is 11.3 Å². The van der Waals surface area contributed by atoms with E-state index < -0.39 is 0 Å². The monoisotopic (exact) mass is 537 g/mol. The first-order valence-electron chi connectivity index (χ1n) is 13.8. The molecule has 0 amide bonds. The van der Waals surface area contributed by atoms with Gasteiger partial charge in [0.2, 0.25) is 0 Å². The molecule has 8 rings (SSSR count). The standard InChI is InChI=1S/C35H28BNO2S/c1-34(2)35(3,4)39-36(38-34)24-16-15-21-19-23(14-13-22(21)20-24)32-28-18-17-26-25-9-6-8-12-30(25)40-33(26)31(28)27-10-5-7-11-29(27)37-32/h5-20H,1-4H3. The Balaban J connectivity index is 1.31. The molecule has 5 aromatic carbocycles. The Morgan fingerprint density at radius 3 is 2.15 bits per heavy atom. The lowest BCUT2D eigenvalue weighted by Crippen LogP contribution is -2.41. The molecule has 1 aliphatic heterocycles. The minimum absolute atomic E-state index is 0.362. The molecular weight excluding hydrogens is 509 g/mol. The molecule has 1 fully saturated rings. The summed E-state index contributed by atoms with van der Waals surface area (Å²) in [6, 6.07) is 34.9. The first kappa shape index (κ1) is 24.1. The van der Waals surface area contributed by atoms with Crippen LogP contribution in [0.2, 0.25) is 0 Å². The summed E-state index contributed by atoms with van der Waals surface area (Å²) in [5.41, 5.74) is 3.47. The molecule has 5 heteroatoms. The van der Waals surface area contributed by atoms with Gasteiger partial charge < -0.3 is 9.31 Å². The van der Waals surface area contributed by atoms with Crippen molar-refractivity contribution in [2.24, 2.45) is 0 Å². The van der Waals surface area contributed by atoms with Gasteiger partial charge in [-0.25, -0.2) is 4.98 Å². The lowest BCUT2D eigenvalue weighted by Gasteiger charge is -2.32. The first-order chi connectivity index (χ1) is 19.3. The van der Waals surface area contributed by atoms with Crippen molar-refractivity contribution in [2.45, 2.75) is 38.9 Å². The van der Waals surface area contributed by atoms with Crippen molar-refractivity contribution in [3.63, 3.8) is 0 Å². The van der Waals surface area contributed by atoms with Crippen LogP contribution in [0.5, 0.6) is 0 Å². The fraction of sp³-hybridized carbons (Fsp3) is 0.171. The van der Waals surface area contributed by atoms with E-state index in [1.807, 2.05) is 11.3 Å². The van der Waals surface area contributed by atoms with Crippen LogP contribution in [0, 0.1) is 0 Å². The predicted octanol–water partition coefficient (Wildman–Crippen LogP) is 8.88. The Bertz CT molecular complexity index is 2130. The normalized spacial score (nSPS) is 16.6. The summed E-state index contributed by atoms with van der Waals surface area (Å²) in [6.07, 6.45) is 0. The number of pyridine rings is 1. The molecule has 0 N–H and O–H groups in total. The molecule has 1 saturated heterocycles. The summed E-state index contributed by atoms with van der Waals surface area (Å²) >= 11 is 1.87. The molecule has 2 aromatic heterocycles. The van der Waals surface area contributed by atoms with Crippen LogP contribution in [0.25, 0.3) is 63.9 Å². The highest BCUT2D eigenvalue weighted by molar-refractivity contribution is 7.26. The topological polar surface area (TPSA) is 31.4 Å². The fourth-order valence-corrected chi connectivity index (χ4v) is 7.24. The Morgan fingerprint density at radius 2 is 1.32 bits per heavy atom. The molecule has 0 bridgehead atoms. The quantitative estimate of drug-likeness (QED) is 0.163. The Labute approximate surface area is 237 Å². The van der Waals surface area contributed by atoms with Crippen LogP contribution >= 0.6 is 11.3 Å². The van der Waals surface area contributed by atoms with Crippen molar-refractivity contribution < 1.29 is 9.31 Å². The van der Waals surface area contributed by atoms with Gasteiger partial charge in [0.05, 0.1) is 22.4 Å². The number of para-hydroxylation sites is 1. The van der Waals surface area contributed by atoms with E-state index in [9.17, 15) is 0 Å². The maximum atomic E-state index is 6.31. The number of nitrogens with zero attached hydrogens (tertiary/aromatic N) is 1. The van der Waals surface area contributed by atoms with E-state index in [-0.39, 0.29) is 18.3 Å². The third-order valence-corrected chi connectivity index (χ3v) is 10.1. The molecule has 40 heavy (non-hydrogen) atoms. The van der Waals surface area contributed by atoms with Gasteiger partial charge in [0.25, 0.3) is 0 Å². The van der Waals surface area contributed by atoms with Crippen LogP contribution in [0.1, 0.15) is 27.7 Å². The van der Waals surface area contributed by atoms with Gasteiger partial charge in [0.15, 0.2) is 0 Å². The molecule has 0 radical (unpaired) electrons. The number of benzene rings is 5. The van der Waals surface area contributed by atoms with E-state index in [2.05, 4.69) is 125 Å². The second kappa shape index (κ2) is 8.37. The van der Waals surface area contributed by atoms with E-state index in [1.54, 1.807) is 0 Å². The Kier molecular flexibility index (Phi) is 5.04. The molecule has 0 saturated carbocycles. The highest BCUT2D eigenvalue weighted by Crippen LogP contribution is 2.43. The van der Waals surface area contributed by atoms with E-state index in [1.165, 1.54) is 41.7 Å². The average Bonchev–Trinajstić information content (AvgIpc) is 3.44. The number of hydrogen-bond acceptors (Lipinski definition) is 4. The third-order valence-electron chi connectivity index (χ3n) is 8.87. The largest absolute Gasteiger partial charge is 0.494 e. The number of thiophene rings is 1. The maximum Gasteiger partial charge on any atom is 0.494 e. The van der Waals surface area contributed by atoms with Crippen LogP contribution in [-0.4, -0.2) is 23.3 Å². The van der Waals surface area contributed by atoms with Crippen LogP contribution in [0.4, 0.5) is 0 Å². The van der Waals surface area contributed by atoms with Crippen LogP contribution < -0.4 is 5.46 Å². The summed E-state index contributed by atoms with van der Waals surface area (Å²) < 4.78 is 15.3. The second-order valence-corrected chi connectivity index (χ2v) is 12.9. The lowest BCUT2D eigenvalue weighted by molar-refractivity contribution is 0.00578. The van der Waals surface area contributed by atoms with Crippen LogP contribution in [0.15, 0.2) is 97.1 Å². The van der Waals surface area contributed by atoms with Crippen molar-refractivity contribution in [3.05, 3.63) is 97.1 Å². The number of rotatable bonds is 2. The van der Waals surface area contributed by atoms with E-state index >= 15 is 0 Å². The zero-order valence-corrected chi connectivity index (χ0v) is 23.8. The van der Waals surface area contributed by atoms with E-state index in [4.69, 9.17) is 14.3 Å². The van der Waals surface area contributed by atoms with Crippen LogP contribution in [-0.2, 0) is 9.31 Å². The minimum Gasteiger partial charge on any atom is -0.399 e. The highest BCUT2D eigenvalue weighted by atomic mass is 32.1. The number of aromatic nitrogens is 1. The van der Waals surface area contributed by atoms with Crippen molar-refractivity contribution in [1.29, 1.82) is 0 Å². The molecule has 0 atom stereocenters. The van der Waals surface area contributed by atoms with Gasteiger partial charge >= 0.3 is 7.12 Å². The minimum atomic E-state index is -0.371. The summed E-state index contributed by atoms with van der Waals surface area (Å²) in [6.45, 7) is 8.36. The summed E-state index contributed by atoms with van der Waals surface area (Å²) in [5.74, 6) is 0. The van der Waals surface area contributed by atoms with Gasteiger partial charge in [-0.3, -0.25) is 0 Å². The van der Waals surface area contributed by atoms with Crippen molar-refractivity contribution in [1.82, 2.24) is 4.98 Å². The smallest absolute Gasteiger partial charge is 0.399 e. The Morgan fingerprint density at radius 1 is 0.650 bits per heavy atom. The van der Waals surface area contributed by atoms with Crippen molar-refractivity contribution in [3.8, 4) is 11.3 Å². The molecule has 0 unspecified atom stereocenters. The number of fused-ring (bicyclic) bond motifs is 8. The molecule has 0 aliphatic carbocycles. The van der Waals surface area contributed by atoms with Gasteiger partial charge in [0, 0.05) is 41.9 Å². The lowest BCUT2D eigenvalue weighted by atomic mass is 9.78. The molecule has 1 aliphatic rings. The maximum absolute atomic E-state index is 6.31. The molecular formula is C35H28BNO2S. The van der Waals surface area contributed by atoms with Crippen LogP contribution in [0.3, 0.4) is 0 Å². The summed E-state index contributed by atoms with van der Waals surface area (Å²) in [5, 5.41) is 8.63. The molecule has 3 nitrogen and oxygen atoms in total. The van der Waals surface area contributed by atoms with Crippen molar-refractivity contribution in [2.75, 3.05) is 0 Å². The molecule has 194 valence electrons. The van der Waals surface area contributed by atoms with E-state index in [0.29, 0.717) is 0 Å². The van der Waals surface area contributed by atoms with Gasteiger partial charge in [0.1, 0.15) is 0 Å². The molecule has 7 aromatic rings. The average molecular weight is 537 g/mol. The summed E-state index contributed by atoms with van der Waals surface area (Å²) in [4.78, 5) is 5.22. The van der Waals surface area contributed by atoms with Gasteiger partial charge in [-0.2, -0.15) is 0 Å². The highest BCUT2D eigenvalue weighted by Gasteiger charge is 2.51. The van der Waals surface area contributed by atoms with Crippen molar-refractivity contribution >= 4 is 76.5 Å². The SMILES string of the molecule is CC1(C)OB(c2ccc3cc(-c4nc5ccccc5c5c4ccc4c6ccccc6sc45)ccc3c2)OC1(C)C. The van der Waals surface area contributed by atoms with Gasteiger partial charge in [-0.1, -0.05) is 78.9 Å². The zero-order valence-electron chi connectivity index (χ0n) is 23.0. The second-order valence-electron chi connectivity index (χ2n) is 11.9. The van der Waals surface area contributed by atoms with E-state index in [0.717, 1.165) is 27.6 Å². The number of hydrogen-bond donors (Lipinski definition) is 0. The first-order valence-corrected chi connectivity index (χ1v) is 14.6. The zero-order chi connectivity index (χ0) is 27.2. The molecule has 0 spiro atoms. The summed E-state index contributed by atoms with van der Waals surface area (Å²) in [7, 11) is -0.371. The molecule has 3 heterocycles. The third kappa shape index (κ3) is 3.48. The fourth-order valence-electron chi connectivity index (χ4n) is 5.97.